The van der Waals surface area contributed by atoms with E-state index in [9.17, 15) is 9.59 Å². The molecule has 0 heterocycles. The van der Waals surface area contributed by atoms with E-state index in [4.69, 9.17) is 9.47 Å². The molecule has 0 aliphatic heterocycles. The third-order valence-electron chi connectivity index (χ3n) is 4.16. The fourth-order valence-electron chi connectivity index (χ4n) is 3.25. The SMILES string of the molecule is C=CC[C@@H]1CC(C(=O)OCC)(C(=O)OCC)C[C@H]1CC=C. The number of rotatable bonds is 8. The van der Waals surface area contributed by atoms with Gasteiger partial charge < -0.3 is 9.47 Å². The summed E-state index contributed by atoms with van der Waals surface area (Å²) in [4.78, 5) is 24.8. The van der Waals surface area contributed by atoms with Gasteiger partial charge in [-0.05, 0) is 51.4 Å². The molecule has 0 unspecified atom stereocenters. The molecule has 0 radical (unpaired) electrons. The first-order chi connectivity index (χ1) is 10.1. The van der Waals surface area contributed by atoms with Crippen molar-refractivity contribution in [3.8, 4) is 0 Å². The lowest BCUT2D eigenvalue weighted by Crippen LogP contribution is -2.40. The predicted octanol–water partition coefficient (Wildman–Crippen LogP) is 3.28. The Morgan fingerprint density at radius 2 is 1.38 bits per heavy atom. The normalized spacial score (nSPS) is 23.3. The summed E-state index contributed by atoms with van der Waals surface area (Å²) in [5.41, 5.74) is -1.16. The minimum absolute atomic E-state index is 0.231. The van der Waals surface area contributed by atoms with Crippen LogP contribution in [0, 0.1) is 17.3 Å². The van der Waals surface area contributed by atoms with E-state index >= 15 is 0 Å². The minimum Gasteiger partial charge on any atom is -0.465 e. The van der Waals surface area contributed by atoms with Crippen LogP contribution in [0.15, 0.2) is 25.3 Å². The van der Waals surface area contributed by atoms with Crippen molar-refractivity contribution in [1.82, 2.24) is 0 Å². The highest BCUT2D eigenvalue weighted by molar-refractivity contribution is 6.00. The first kappa shape index (κ1) is 17.5. The second kappa shape index (κ2) is 8.01. The van der Waals surface area contributed by atoms with Gasteiger partial charge in [-0.1, -0.05) is 12.2 Å². The molecule has 0 aromatic heterocycles. The van der Waals surface area contributed by atoms with E-state index in [1.807, 2.05) is 12.2 Å². The van der Waals surface area contributed by atoms with E-state index in [-0.39, 0.29) is 25.0 Å². The molecule has 0 spiro atoms. The molecule has 1 aliphatic carbocycles. The summed E-state index contributed by atoms with van der Waals surface area (Å²) >= 11 is 0. The zero-order chi connectivity index (χ0) is 15.9. The maximum Gasteiger partial charge on any atom is 0.323 e. The molecule has 0 N–H and O–H groups in total. The lowest BCUT2D eigenvalue weighted by atomic mass is 9.84. The highest BCUT2D eigenvalue weighted by atomic mass is 16.6. The summed E-state index contributed by atoms with van der Waals surface area (Å²) in [7, 11) is 0. The van der Waals surface area contributed by atoms with Crippen LogP contribution in [0.1, 0.15) is 39.5 Å². The van der Waals surface area contributed by atoms with Crippen molar-refractivity contribution in [2.24, 2.45) is 17.3 Å². The molecule has 2 atom stereocenters. The second-order valence-corrected chi connectivity index (χ2v) is 5.50. The van der Waals surface area contributed by atoms with Crippen LogP contribution in [0.4, 0.5) is 0 Å². The van der Waals surface area contributed by atoms with E-state index in [0.717, 1.165) is 12.8 Å². The summed E-state index contributed by atoms with van der Waals surface area (Å²) in [6, 6.07) is 0. The van der Waals surface area contributed by atoms with Crippen molar-refractivity contribution in [2.45, 2.75) is 39.5 Å². The number of carbonyl (C=O) groups is 2. The van der Waals surface area contributed by atoms with Gasteiger partial charge >= 0.3 is 11.9 Å². The minimum atomic E-state index is -1.16. The smallest absolute Gasteiger partial charge is 0.323 e. The Labute approximate surface area is 127 Å². The summed E-state index contributed by atoms with van der Waals surface area (Å²) in [5, 5.41) is 0. The van der Waals surface area contributed by atoms with Crippen molar-refractivity contribution >= 4 is 11.9 Å². The standard InChI is InChI=1S/C17H26O4/c1-5-9-13-11-17(15(18)20-7-3,16(19)21-8-4)12-14(13)10-6-2/h5-6,13-14H,1-2,7-12H2,3-4H3/t13-,14-/m1/s1. The average molecular weight is 294 g/mol. The highest BCUT2D eigenvalue weighted by Crippen LogP contribution is 2.50. The van der Waals surface area contributed by atoms with Gasteiger partial charge in [0, 0.05) is 0 Å². The highest BCUT2D eigenvalue weighted by Gasteiger charge is 2.56. The number of hydrogen-bond donors (Lipinski definition) is 0. The Kier molecular flexibility index (Phi) is 6.66. The van der Waals surface area contributed by atoms with Gasteiger partial charge in [0.25, 0.3) is 0 Å². The quantitative estimate of drug-likeness (QED) is 0.391. The number of carbonyl (C=O) groups excluding carboxylic acids is 2. The molecule has 0 aromatic carbocycles. The van der Waals surface area contributed by atoms with Gasteiger partial charge in [-0.2, -0.15) is 0 Å². The first-order valence-corrected chi connectivity index (χ1v) is 7.61. The number of esters is 2. The molecular formula is C17H26O4. The maximum atomic E-state index is 12.4. The maximum absolute atomic E-state index is 12.4. The third-order valence-corrected chi connectivity index (χ3v) is 4.16. The van der Waals surface area contributed by atoms with Gasteiger partial charge in [-0.25, -0.2) is 0 Å². The fraction of sp³-hybridized carbons (Fsp3) is 0.647. The van der Waals surface area contributed by atoms with Gasteiger partial charge in [-0.3, -0.25) is 9.59 Å². The molecule has 118 valence electrons. The lowest BCUT2D eigenvalue weighted by molar-refractivity contribution is -0.172. The number of ether oxygens (including phenoxy) is 2. The van der Waals surface area contributed by atoms with E-state index < -0.39 is 17.4 Å². The monoisotopic (exact) mass is 294 g/mol. The predicted molar refractivity (Wildman–Crippen MR) is 81.5 cm³/mol. The largest absolute Gasteiger partial charge is 0.465 e. The average Bonchev–Trinajstić information content (AvgIpc) is 2.81. The van der Waals surface area contributed by atoms with E-state index in [1.165, 1.54) is 0 Å². The van der Waals surface area contributed by atoms with Crippen molar-refractivity contribution in [3.63, 3.8) is 0 Å². The lowest BCUT2D eigenvalue weighted by Gasteiger charge is -2.24. The van der Waals surface area contributed by atoms with Gasteiger partial charge in [-0.15, -0.1) is 13.2 Å². The third kappa shape index (κ3) is 3.74. The fourth-order valence-corrected chi connectivity index (χ4v) is 3.25. The van der Waals surface area contributed by atoms with Crippen LogP contribution in [0.25, 0.3) is 0 Å². The summed E-state index contributed by atoms with van der Waals surface area (Å²) in [6.07, 6.45) is 6.17. The summed E-state index contributed by atoms with van der Waals surface area (Å²) < 4.78 is 10.3. The van der Waals surface area contributed by atoms with E-state index in [2.05, 4.69) is 13.2 Å². The van der Waals surface area contributed by atoms with Gasteiger partial charge in [0.05, 0.1) is 13.2 Å². The van der Waals surface area contributed by atoms with E-state index in [0.29, 0.717) is 12.8 Å². The molecule has 0 saturated heterocycles. The van der Waals surface area contributed by atoms with Crippen molar-refractivity contribution in [2.75, 3.05) is 13.2 Å². The van der Waals surface area contributed by atoms with Crippen LogP contribution in [-0.4, -0.2) is 25.2 Å². The molecule has 21 heavy (non-hydrogen) atoms. The second-order valence-electron chi connectivity index (χ2n) is 5.50. The molecule has 4 heteroatoms. The Morgan fingerprint density at radius 3 is 1.67 bits per heavy atom. The van der Waals surface area contributed by atoms with Gasteiger partial charge in [0.2, 0.25) is 0 Å². The number of allylic oxidation sites excluding steroid dienone is 2. The Hall–Kier alpha value is -1.58. The molecule has 0 aromatic rings. The van der Waals surface area contributed by atoms with E-state index in [1.54, 1.807) is 13.8 Å². The zero-order valence-corrected chi connectivity index (χ0v) is 13.1. The topological polar surface area (TPSA) is 52.6 Å². The molecule has 1 rings (SSSR count). The van der Waals surface area contributed by atoms with Crippen molar-refractivity contribution < 1.29 is 19.1 Å². The summed E-state index contributed by atoms with van der Waals surface area (Å²) in [6.45, 7) is 11.6. The van der Waals surface area contributed by atoms with Crippen LogP contribution in [0.2, 0.25) is 0 Å². The van der Waals surface area contributed by atoms with Crippen LogP contribution in [-0.2, 0) is 19.1 Å². The molecular weight excluding hydrogens is 268 g/mol. The van der Waals surface area contributed by atoms with Crippen LogP contribution >= 0.6 is 0 Å². The molecule has 0 bridgehead atoms. The number of hydrogen-bond acceptors (Lipinski definition) is 4. The Balaban J connectivity index is 3.07. The molecule has 1 fully saturated rings. The van der Waals surface area contributed by atoms with Crippen molar-refractivity contribution in [1.29, 1.82) is 0 Å². The zero-order valence-electron chi connectivity index (χ0n) is 13.1. The first-order valence-electron chi connectivity index (χ1n) is 7.61. The molecule has 4 nitrogen and oxygen atoms in total. The van der Waals surface area contributed by atoms with Crippen LogP contribution in [0.3, 0.4) is 0 Å². The Morgan fingerprint density at radius 1 is 1.00 bits per heavy atom. The van der Waals surface area contributed by atoms with Gasteiger partial charge in [0.15, 0.2) is 5.41 Å². The molecule has 1 saturated carbocycles. The molecule has 0 amide bonds. The Bertz CT molecular complexity index is 362. The van der Waals surface area contributed by atoms with Crippen LogP contribution < -0.4 is 0 Å². The van der Waals surface area contributed by atoms with Gasteiger partial charge in [0.1, 0.15) is 0 Å². The van der Waals surface area contributed by atoms with Crippen molar-refractivity contribution in [3.05, 3.63) is 25.3 Å². The molecule has 1 aliphatic rings. The van der Waals surface area contributed by atoms with Crippen LogP contribution in [0.5, 0.6) is 0 Å². The summed E-state index contributed by atoms with van der Waals surface area (Å²) in [5.74, 6) is -0.447.